The van der Waals surface area contributed by atoms with Crippen LogP contribution < -0.4 is 16.4 Å². The molecule has 3 rings (SSSR count). The van der Waals surface area contributed by atoms with E-state index in [1.165, 1.54) is 17.0 Å². The van der Waals surface area contributed by atoms with E-state index in [2.05, 4.69) is 30.3 Å². The average Bonchev–Trinajstić information content (AvgIpc) is 2.71. The van der Waals surface area contributed by atoms with Gasteiger partial charge < -0.3 is 5.32 Å². The van der Waals surface area contributed by atoms with E-state index >= 15 is 0 Å². The van der Waals surface area contributed by atoms with Crippen LogP contribution in [0.3, 0.4) is 0 Å². The number of nitrogens with zero attached hydrogens (tertiary/aromatic N) is 1. The molecule has 1 atom stereocenters. The molecule has 1 amide bonds. The van der Waals surface area contributed by atoms with E-state index in [4.69, 9.17) is 0 Å². The molecule has 2 N–H and O–H groups in total. The van der Waals surface area contributed by atoms with E-state index in [0.29, 0.717) is 16.5 Å². The van der Waals surface area contributed by atoms with Crippen molar-refractivity contribution >= 4 is 23.4 Å². The lowest BCUT2D eigenvalue weighted by molar-refractivity contribution is 0.102. The Bertz CT molecular complexity index is 1150. The molecule has 3 aromatic rings. The lowest BCUT2D eigenvalue weighted by Crippen LogP contribution is -2.26. The summed E-state index contributed by atoms with van der Waals surface area (Å²) in [6, 6.07) is 14.9. The van der Waals surface area contributed by atoms with Crippen molar-refractivity contribution in [2.75, 3.05) is 5.32 Å². The summed E-state index contributed by atoms with van der Waals surface area (Å²) < 4.78 is 1.12. The second-order valence-electron chi connectivity index (χ2n) is 6.80. The van der Waals surface area contributed by atoms with Gasteiger partial charge in [0.05, 0.1) is 5.69 Å². The molecule has 1 aromatic heterocycles. The molecule has 0 fully saturated rings. The molecule has 150 valence electrons. The largest absolute Gasteiger partial charge is 0.322 e. The molecule has 29 heavy (non-hydrogen) atoms. The molecule has 1 unspecified atom stereocenters. The zero-order chi connectivity index (χ0) is 21.0. The molecule has 1 heterocycles. The normalized spacial score (nSPS) is 11.8. The van der Waals surface area contributed by atoms with Crippen molar-refractivity contribution in [2.45, 2.75) is 37.3 Å². The quantitative estimate of drug-likeness (QED) is 0.603. The van der Waals surface area contributed by atoms with Gasteiger partial charge in [-0.15, -0.1) is 11.8 Å². The van der Waals surface area contributed by atoms with Crippen molar-refractivity contribution in [2.24, 2.45) is 0 Å². The zero-order valence-corrected chi connectivity index (χ0v) is 17.4. The van der Waals surface area contributed by atoms with Crippen molar-refractivity contribution < 1.29 is 4.79 Å². The van der Waals surface area contributed by atoms with E-state index in [1.807, 2.05) is 30.8 Å². The van der Waals surface area contributed by atoms with Gasteiger partial charge in [0.2, 0.25) is 0 Å². The fraction of sp³-hybridized carbons (Fsp3) is 0.227. The molecule has 0 saturated carbocycles. The second kappa shape index (κ2) is 8.96. The Labute approximate surface area is 173 Å². The average molecular weight is 410 g/mol. The van der Waals surface area contributed by atoms with Crippen LogP contribution in [0.25, 0.3) is 5.69 Å². The molecule has 0 aliphatic carbocycles. The number of hydrogen-bond donors (Lipinski definition) is 2. The number of carbonyl (C=O) groups excluding carboxylic acids is 1. The van der Waals surface area contributed by atoms with Gasteiger partial charge in [0.1, 0.15) is 0 Å². The minimum Gasteiger partial charge on any atom is -0.322 e. The summed E-state index contributed by atoms with van der Waals surface area (Å²) >= 11 is 1.81. The van der Waals surface area contributed by atoms with E-state index in [-0.39, 0.29) is 11.5 Å². The number of H-pyrrole nitrogens is 1. The molecule has 0 spiro atoms. The molecule has 2 aromatic carbocycles. The third kappa shape index (κ3) is 5.06. The van der Waals surface area contributed by atoms with Gasteiger partial charge in [0.15, 0.2) is 0 Å². The number of hydrogen-bond acceptors (Lipinski definition) is 4. The number of nitrogens with one attached hydrogen (secondary N) is 2. The summed E-state index contributed by atoms with van der Waals surface area (Å²) in [4.78, 5) is 37.4. The van der Waals surface area contributed by atoms with Crippen LogP contribution in [0.2, 0.25) is 0 Å². The van der Waals surface area contributed by atoms with Crippen molar-refractivity contribution in [1.29, 1.82) is 0 Å². The highest BCUT2D eigenvalue weighted by Gasteiger charge is 2.11. The first-order valence-corrected chi connectivity index (χ1v) is 10.3. The summed E-state index contributed by atoms with van der Waals surface area (Å²) in [6.07, 6.45) is 1.09. The van der Waals surface area contributed by atoms with Gasteiger partial charge in [-0.05, 0) is 55.3 Å². The highest BCUT2D eigenvalue weighted by molar-refractivity contribution is 7.99. The number of rotatable bonds is 6. The summed E-state index contributed by atoms with van der Waals surface area (Å²) in [5.41, 5.74) is 1.73. The predicted molar refractivity (Wildman–Crippen MR) is 117 cm³/mol. The summed E-state index contributed by atoms with van der Waals surface area (Å²) in [5, 5.41) is 5.91. The van der Waals surface area contributed by atoms with Crippen molar-refractivity contribution in [3.05, 3.63) is 86.4 Å². The van der Waals surface area contributed by atoms with Gasteiger partial charge in [-0.2, -0.15) is 0 Å². The monoisotopic (exact) mass is 409 g/mol. The van der Waals surface area contributed by atoms with E-state index < -0.39 is 5.56 Å². The Balaban J connectivity index is 1.82. The molecule has 0 bridgehead atoms. The van der Waals surface area contributed by atoms with Gasteiger partial charge in [-0.25, -0.2) is 4.68 Å². The molecule has 7 heteroatoms. The standard InChI is InChI=1S/C22H23N3O3S/c1-4-15(3)29-18-8-9-19(14(2)12-18)23-22(28)16-6-5-7-17(13-16)25-21(27)11-10-20(26)24-25/h5-13,15H,4H2,1-3H3,(H,23,28)(H,24,26). The van der Waals surface area contributed by atoms with Gasteiger partial charge in [-0.3, -0.25) is 19.5 Å². The first-order valence-electron chi connectivity index (χ1n) is 9.39. The number of thioether (sulfide) groups is 1. The number of anilines is 1. The SMILES string of the molecule is CCC(C)Sc1ccc(NC(=O)c2cccc(-n3[nH]c(=O)ccc3=O)c2)c(C)c1. The van der Waals surface area contributed by atoms with Crippen LogP contribution in [0.5, 0.6) is 0 Å². The highest BCUT2D eigenvalue weighted by atomic mass is 32.2. The smallest absolute Gasteiger partial charge is 0.269 e. The minimum absolute atomic E-state index is 0.288. The van der Waals surface area contributed by atoms with E-state index in [0.717, 1.165) is 22.4 Å². The van der Waals surface area contributed by atoms with Crippen LogP contribution in [0.1, 0.15) is 36.2 Å². The highest BCUT2D eigenvalue weighted by Crippen LogP contribution is 2.28. The number of aromatic amines is 1. The van der Waals surface area contributed by atoms with Gasteiger partial charge in [0, 0.05) is 33.5 Å². The Morgan fingerprint density at radius 3 is 2.66 bits per heavy atom. The summed E-state index contributed by atoms with van der Waals surface area (Å²) in [6.45, 7) is 6.31. The summed E-state index contributed by atoms with van der Waals surface area (Å²) in [5.74, 6) is -0.288. The first kappa shape index (κ1) is 20.7. The van der Waals surface area contributed by atoms with Crippen molar-refractivity contribution in [3.8, 4) is 5.69 Å². The third-order valence-electron chi connectivity index (χ3n) is 4.54. The third-order valence-corrected chi connectivity index (χ3v) is 5.81. The van der Waals surface area contributed by atoms with E-state index in [9.17, 15) is 14.4 Å². The fourth-order valence-electron chi connectivity index (χ4n) is 2.76. The van der Waals surface area contributed by atoms with Crippen LogP contribution in [0, 0.1) is 6.92 Å². The van der Waals surface area contributed by atoms with Crippen LogP contribution in [0.15, 0.2) is 69.1 Å². The lowest BCUT2D eigenvalue weighted by Gasteiger charge is -2.13. The van der Waals surface area contributed by atoms with Gasteiger partial charge in [-0.1, -0.05) is 19.9 Å². The Morgan fingerprint density at radius 2 is 1.93 bits per heavy atom. The van der Waals surface area contributed by atoms with Crippen LogP contribution in [-0.4, -0.2) is 20.9 Å². The zero-order valence-electron chi connectivity index (χ0n) is 16.6. The molecule has 0 saturated heterocycles. The molecule has 0 aliphatic heterocycles. The number of aryl methyl sites for hydroxylation is 1. The molecule has 0 radical (unpaired) electrons. The first-order chi connectivity index (χ1) is 13.9. The Kier molecular flexibility index (Phi) is 6.39. The molecular formula is C22H23N3O3S. The summed E-state index contributed by atoms with van der Waals surface area (Å²) in [7, 11) is 0. The maximum atomic E-state index is 12.7. The number of aromatic nitrogens is 2. The van der Waals surface area contributed by atoms with Crippen LogP contribution in [0.4, 0.5) is 5.69 Å². The van der Waals surface area contributed by atoms with E-state index in [1.54, 1.807) is 24.3 Å². The lowest BCUT2D eigenvalue weighted by atomic mass is 10.1. The van der Waals surface area contributed by atoms with Crippen LogP contribution >= 0.6 is 11.8 Å². The fourth-order valence-corrected chi connectivity index (χ4v) is 3.78. The van der Waals surface area contributed by atoms with Gasteiger partial charge >= 0.3 is 0 Å². The number of benzene rings is 2. The maximum absolute atomic E-state index is 12.7. The predicted octanol–water partition coefficient (Wildman–Crippen LogP) is 3.98. The molecule has 6 nitrogen and oxygen atoms in total. The molecule has 0 aliphatic rings. The van der Waals surface area contributed by atoms with Gasteiger partial charge in [0.25, 0.3) is 17.0 Å². The molecular weight excluding hydrogens is 386 g/mol. The van der Waals surface area contributed by atoms with Crippen LogP contribution in [-0.2, 0) is 0 Å². The maximum Gasteiger partial charge on any atom is 0.269 e. The number of carbonyl (C=O) groups is 1. The topological polar surface area (TPSA) is 84.0 Å². The van der Waals surface area contributed by atoms with Crippen molar-refractivity contribution in [3.63, 3.8) is 0 Å². The van der Waals surface area contributed by atoms with Crippen molar-refractivity contribution in [1.82, 2.24) is 9.78 Å². The Hall–Kier alpha value is -3.06. The second-order valence-corrected chi connectivity index (χ2v) is 8.31. The minimum atomic E-state index is -0.398. The number of amides is 1. The Morgan fingerprint density at radius 1 is 1.14 bits per heavy atom.